The minimum absolute atomic E-state index is 0.137. The Labute approximate surface area is 137 Å². The molecule has 0 aliphatic heterocycles. The maximum absolute atomic E-state index is 12.1. The second-order valence-corrected chi connectivity index (χ2v) is 5.20. The fourth-order valence-electron chi connectivity index (χ4n) is 1.80. The molecule has 5 heteroatoms. The van der Waals surface area contributed by atoms with Gasteiger partial charge in [-0.15, -0.1) is 0 Å². The van der Waals surface area contributed by atoms with Gasteiger partial charge in [-0.2, -0.15) is 0 Å². The van der Waals surface area contributed by atoms with Crippen LogP contribution in [0.4, 0.5) is 5.69 Å². The number of amides is 1. The Morgan fingerprint density at radius 1 is 1.22 bits per heavy atom. The summed E-state index contributed by atoms with van der Waals surface area (Å²) in [5.41, 5.74) is 1.65. The monoisotopic (exact) mass is 316 g/mol. The topological polar surface area (TPSA) is 58.6 Å². The summed E-state index contributed by atoms with van der Waals surface area (Å²) < 4.78 is 4.76. The van der Waals surface area contributed by atoms with Crippen molar-refractivity contribution in [1.29, 1.82) is 0 Å². The van der Waals surface area contributed by atoms with Crippen LogP contribution in [0.25, 0.3) is 0 Å². The van der Waals surface area contributed by atoms with Crippen molar-refractivity contribution in [2.45, 2.75) is 19.9 Å². The van der Waals surface area contributed by atoms with Gasteiger partial charge in [0.25, 0.3) is 5.91 Å². The molecule has 0 saturated carbocycles. The molecular weight excluding hydrogens is 292 g/mol. The zero-order chi connectivity index (χ0) is 17.2. The van der Waals surface area contributed by atoms with Crippen LogP contribution < -0.4 is 10.2 Å². The third-order valence-electron chi connectivity index (χ3n) is 3.03. The average Bonchev–Trinajstić information content (AvgIpc) is 2.52. The predicted molar refractivity (Wildman–Crippen MR) is 92.6 cm³/mol. The van der Waals surface area contributed by atoms with Crippen LogP contribution in [0.3, 0.4) is 0 Å². The van der Waals surface area contributed by atoms with E-state index in [1.165, 1.54) is 6.08 Å². The van der Waals surface area contributed by atoms with Crippen LogP contribution in [0.2, 0.25) is 0 Å². The van der Waals surface area contributed by atoms with Gasteiger partial charge >= 0.3 is 5.97 Å². The molecule has 1 aromatic rings. The number of anilines is 1. The van der Waals surface area contributed by atoms with E-state index in [4.69, 9.17) is 4.74 Å². The van der Waals surface area contributed by atoms with E-state index in [9.17, 15) is 9.59 Å². The standard InChI is InChI=1S/C18H24N2O3/c1-5-23-17(21)9-7-6-8-14(2)19-18(22)15-10-12-16(13-11-15)20(3)4/h6-14H,5H2,1-4H3,(H,19,22)/b8-6+,9-7+/t14-/m1/s1. The summed E-state index contributed by atoms with van der Waals surface area (Å²) in [6, 6.07) is 7.24. The average molecular weight is 316 g/mol. The minimum atomic E-state index is -0.380. The summed E-state index contributed by atoms with van der Waals surface area (Å²) in [4.78, 5) is 25.2. The molecule has 1 amide bonds. The lowest BCUT2D eigenvalue weighted by Crippen LogP contribution is -2.31. The van der Waals surface area contributed by atoms with Crippen molar-refractivity contribution >= 4 is 17.6 Å². The molecule has 0 aliphatic rings. The lowest BCUT2D eigenvalue weighted by Gasteiger charge is -2.13. The van der Waals surface area contributed by atoms with Gasteiger partial charge in [0.2, 0.25) is 0 Å². The van der Waals surface area contributed by atoms with Gasteiger partial charge in [-0.25, -0.2) is 4.79 Å². The van der Waals surface area contributed by atoms with Crippen LogP contribution in [-0.2, 0) is 9.53 Å². The molecule has 0 bridgehead atoms. The molecule has 0 aromatic heterocycles. The molecule has 0 spiro atoms. The summed E-state index contributed by atoms with van der Waals surface area (Å²) in [6.07, 6.45) is 6.43. The van der Waals surface area contributed by atoms with Crippen molar-refractivity contribution in [3.63, 3.8) is 0 Å². The predicted octanol–water partition coefficient (Wildman–Crippen LogP) is 2.55. The molecule has 0 saturated heterocycles. The van der Waals surface area contributed by atoms with Crippen molar-refractivity contribution < 1.29 is 14.3 Å². The van der Waals surface area contributed by atoms with Crippen LogP contribution in [0.1, 0.15) is 24.2 Å². The Balaban J connectivity index is 2.51. The number of benzene rings is 1. The second-order valence-electron chi connectivity index (χ2n) is 5.20. The van der Waals surface area contributed by atoms with Gasteiger partial charge in [-0.1, -0.05) is 18.2 Å². The van der Waals surface area contributed by atoms with E-state index in [-0.39, 0.29) is 17.9 Å². The number of carbonyl (C=O) groups is 2. The number of rotatable bonds is 7. The van der Waals surface area contributed by atoms with E-state index in [0.29, 0.717) is 12.2 Å². The van der Waals surface area contributed by atoms with Crippen LogP contribution in [0, 0.1) is 0 Å². The van der Waals surface area contributed by atoms with Gasteiger partial charge in [-0.3, -0.25) is 4.79 Å². The second kappa shape index (κ2) is 9.46. The minimum Gasteiger partial charge on any atom is -0.463 e. The van der Waals surface area contributed by atoms with Crippen LogP contribution in [0.5, 0.6) is 0 Å². The molecule has 1 atom stereocenters. The smallest absolute Gasteiger partial charge is 0.330 e. The fraction of sp³-hybridized carbons (Fsp3) is 0.333. The highest BCUT2D eigenvalue weighted by Gasteiger charge is 2.07. The van der Waals surface area contributed by atoms with E-state index in [1.807, 2.05) is 38.1 Å². The highest BCUT2D eigenvalue weighted by Crippen LogP contribution is 2.12. The van der Waals surface area contributed by atoms with Gasteiger partial charge < -0.3 is 15.0 Å². The van der Waals surface area contributed by atoms with Crippen molar-refractivity contribution in [1.82, 2.24) is 5.32 Å². The molecule has 0 heterocycles. The first kappa shape index (κ1) is 18.5. The van der Waals surface area contributed by atoms with E-state index >= 15 is 0 Å². The molecule has 124 valence electrons. The molecular formula is C18H24N2O3. The Kier molecular flexibility index (Phi) is 7.60. The van der Waals surface area contributed by atoms with Gasteiger partial charge in [0.15, 0.2) is 0 Å². The number of esters is 1. The van der Waals surface area contributed by atoms with Crippen molar-refractivity contribution in [2.24, 2.45) is 0 Å². The Hall–Kier alpha value is -2.56. The summed E-state index contributed by atoms with van der Waals surface area (Å²) >= 11 is 0. The summed E-state index contributed by atoms with van der Waals surface area (Å²) in [7, 11) is 3.90. The SMILES string of the molecule is CCOC(=O)/C=C/C=C/[C@@H](C)NC(=O)c1ccc(N(C)C)cc1. The highest BCUT2D eigenvalue weighted by atomic mass is 16.5. The Bertz CT molecular complexity index is 574. The maximum atomic E-state index is 12.1. The quantitative estimate of drug-likeness (QED) is 0.477. The Morgan fingerprint density at radius 2 is 1.87 bits per heavy atom. The van der Waals surface area contributed by atoms with Gasteiger partial charge in [0.05, 0.1) is 6.61 Å². The molecule has 0 fully saturated rings. The highest BCUT2D eigenvalue weighted by molar-refractivity contribution is 5.94. The molecule has 0 aliphatic carbocycles. The number of nitrogens with zero attached hydrogens (tertiary/aromatic N) is 1. The van der Waals surface area contributed by atoms with Crippen molar-refractivity contribution in [2.75, 3.05) is 25.6 Å². The summed E-state index contributed by atoms with van der Waals surface area (Å²) in [5.74, 6) is -0.517. The first-order chi connectivity index (χ1) is 10.9. The lowest BCUT2D eigenvalue weighted by molar-refractivity contribution is -0.137. The van der Waals surface area contributed by atoms with Gasteiger partial charge in [0, 0.05) is 37.5 Å². The number of hydrogen-bond acceptors (Lipinski definition) is 4. The molecule has 1 N–H and O–H groups in total. The van der Waals surface area contributed by atoms with Crippen LogP contribution in [0.15, 0.2) is 48.6 Å². The van der Waals surface area contributed by atoms with Gasteiger partial charge in [0.1, 0.15) is 0 Å². The van der Waals surface area contributed by atoms with E-state index < -0.39 is 0 Å². The fourth-order valence-corrected chi connectivity index (χ4v) is 1.80. The van der Waals surface area contributed by atoms with E-state index in [0.717, 1.165) is 5.69 Å². The molecule has 5 nitrogen and oxygen atoms in total. The molecule has 0 unspecified atom stereocenters. The summed E-state index contributed by atoms with van der Waals surface area (Å²) in [6.45, 7) is 3.97. The molecule has 1 aromatic carbocycles. The van der Waals surface area contributed by atoms with Crippen LogP contribution >= 0.6 is 0 Å². The zero-order valence-corrected chi connectivity index (χ0v) is 14.1. The van der Waals surface area contributed by atoms with Crippen LogP contribution in [-0.4, -0.2) is 38.6 Å². The number of allylic oxidation sites excluding steroid dienone is 2. The van der Waals surface area contributed by atoms with E-state index in [1.54, 1.807) is 37.3 Å². The van der Waals surface area contributed by atoms with Crippen molar-refractivity contribution in [3.8, 4) is 0 Å². The van der Waals surface area contributed by atoms with Gasteiger partial charge in [-0.05, 0) is 38.1 Å². The Morgan fingerprint density at radius 3 is 2.43 bits per heavy atom. The van der Waals surface area contributed by atoms with E-state index in [2.05, 4.69) is 5.32 Å². The van der Waals surface area contributed by atoms with Crippen molar-refractivity contribution in [3.05, 3.63) is 54.1 Å². The first-order valence-corrected chi connectivity index (χ1v) is 7.54. The number of carbonyl (C=O) groups excluding carboxylic acids is 2. The first-order valence-electron chi connectivity index (χ1n) is 7.54. The maximum Gasteiger partial charge on any atom is 0.330 e. The largest absolute Gasteiger partial charge is 0.463 e. The third-order valence-corrected chi connectivity index (χ3v) is 3.03. The number of ether oxygens (including phenoxy) is 1. The number of hydrogen-bond donors (Lipinski definition) is 1. The zero-order valence-electron chi connectivity index (χ0n) is 14.1. The molecule has 1 rings (SSSR count). The number of nitrogens with one attached hydrogen (secondary N) is 1. The molecule has 0 radical (unpaired) electrons. The lowest BCUT2D eigenvalue weighted by atomic mass is 10.1. The third kappa shape index (κ3) is 6.82. The molecule has 23 heavy (non-hydrogen) atoms. The normalized spacial score (nSPS) is 12.3. The summed E-state index contributed by atoms with van der Waals surface area (Å²) in [5, 5.41) is 2.87.